The molecule has 0 aromatic heterocycles. The first kappa shape index (κ1) is 21.0. The number of alkyl halides is 3. The van der Waals surface area contributed by atoms with Gasteiger partial charge in [-0.2, -0.15) is 13.2 Å². The molecule has 0 aliphatic rings. The fourth-order valence-electron chi connectivity index (χ4n) is 1.65. The molecule has 126 valence electrons. The Morgan fingerprint density at radius 3 is 2.23 bits per heavy atom. The van der Waals surface area contributed by atoms with Gasteiger partial charge in [-0.25, -0.2) is 0 Å². The standard InChI is InChI=1S/C14H20F3N3O.HI/c1-18-13(19-8-7-14(15,16)17)20-9-11-3-5-12(6-4-11)10-21-2;/h3-6H,7-10H2,1-2H3,(H2,18,19,20);1H. The number of methoxy groups -OCH3 is 1. The number of nitrogens with one attached hydrogen (secondary N) is 2. The maximum atomic E-state index is 12.1. The van der Waals surface area contributed by atoms with Crippen molar-refractivity contribution in [2.75, 3.05) is 20.7 Å². The van der Waals surface area contributed by atoms with E-state index in [0.29, 0.717) is 19.1 Å². The van der Waals surface area contributed by atoms with Crippen LogP contribution in [0.15, 0.2) is 29.3 Å². The van der Waals surface area contributed by atoms with Gasteiger partial charge in [-0.05, 0) is 11.1 Å². The van der Waals surface area contributed by atoms with Crippen molar-refractivity contribution in [3.63, 3.8) is 0 Å². The Hall–Kier alpha value is -1.03. The van der Waals surface area contributed by atoms with Crippen molar-refractivity contribution in [3.8, 4) is 0 Å². The lowest BCUT2D eigenvalue weighted by atomic mass is 10.1. The Balaban J connectivity index is 0.00000441. The highest BCUT2D eigenvalue weighted by Crippen LogP contribution is 2.18. The van der Waals surface area contributed by atoms with Gasteiger partial charge in [0.2, 0.25) is 0 Å². The molecule has 1 rings (SSSR count). The zero-order valence-electron chi connectivity index (χ0n) is 12.5. The summed E-state index contributed by atoms with van der Waals surface area (Å²) >= 11 is 0. The number of nitrogens with zero attached hydrogens (tertiary/aromatic N) is 1. The molecule has 0 saturated carbocycles. The van der Waals surface area contributed by atoms with Crippen LogP contribution in [0.3, 0.4) is 0 Å². The van der Waals surface area contributed by atoms with Crippen LogP contribution in [-0.2, 0) is 17.9 Å². The van der Waals surface area contributed by atoms with E-state index in [2.05, 4.69) is 15.6 Å². The topological polar surface area (TPSA) is 45.7 Å². The van der Waals surface area contributed by atoms with E-state index in [-0.39, 0.29) is 30.5 Å². The number of benzene rings is 1. The van der Waals surface area contributed by atoms with Gasteiger partial charge in [0.1, 0.15) is 0 Å². The van der Waals surface area contributed by atoms with Crippen molar-refractivity contribution in [1.29, 1.82) is 0 Å². The predicted octanol–water partition coefficient (Wildman–Crippen LogP) is 3.07. The van der Waals surface area contributed by atoms with Crippen LogP contribution in [0.4, 0.5) is 13.2 Å². The molecule has 22 heavy (non-hydrogen) atoms. The van der Waals surface area contributed by atoms with Crippen LogP contribution in [0.2, 0.25) is 0 Å². The summed E-state index contributed by atoms with van der Waals surface area (Å²) in [5, 5.41) is 5.59. The van der Waals surface area contributed by atoms with Gasteiger partial charge in [-0.3, -0.25) is 4.99 Å². The summed E-state index contributed by atoms with van der Waals surface area (Å²) in [4.78, 5) is 3.88. The van der Waals surface area contributed by atoms with Gasteiger partial charge in [0.15, 0.2) is 5.96 Å². The van der Waals surface area contributed by atoms with Crippen LogP contribution in [0, 0.1) is 0 Å². The van der Waals surface area contributed by atoms with Crippen LogP contribution in [0.25, 0.3) is 0 Å². The van der Waals surface area contributed by atoms with Crippen molar-refractivity contribution in [3.05, 3.63) is 35.4 Å². The minimum Gasteiger partial charge on any atom is -0.380 e. The van der Waals surface area contributed by atoms with Crippen LogP contribution in [0.5, 0.6) is 0 Å². The molecule has 0 amide bonds. The highest BCUT2D eigenvalue weighted by molar-refractivity contribution is 14.0. The SMILES string of the molecule is CN=C(NCCC(F)(F)F)NCc1ccc(COC)cc1.I. The minimum absolute atomic E-state index is 0. The Morgan fingerprint density at radius 2 is 1.73 bits per heavy atom. The third-order valence-corrected chi connectivity index (χ3v) is 2.72. The normalized spacial score (nSPS) is 11.8. The highest BCUT2D eigenvalue weighted by Gasteiger charge is 2.26. The summed E-state index contributed by atoms with van der Waals surface area (Å²) in [6, 6.07) is 7.76. The molecule has 0 aliphatic carbocycles. The number of ether oxygens (including phenoxy) is 1. The molecule has 1 aromatic rings. The lowest BCUT2D eigenvalue weighted by Gasteiger charge is -2.13. The van der Waals surface area contributed by atoms with Crippen LogP contribution in [-0.4, -0.2) is 32.8 Å². The summed E-state index contributed by atoms with van der Waals surface area (Å²) in [6.45, 7) is 0.837. The fourth-order valence-corrected chi connectivity index (χ4v) is 1.65. The Morgan fingerprint density at radius 1 is 1.14 bits per heavy atom. The first-order valence-electron chi connectivity index (χ1n) is 6.52. The van der Waals surface area contributed by atoms with E-state index >= 15 is 0 Å². The molecule has 0 spiro atoms. The van der Waals surface area contributed by atoms with Gasteiger partial charge in [0.25, 0.3) is 0 Å². The molecule has 0 heterocycles. The highest BCUT2D eigenvalue weighted by atomic mass is 127. The average molecular weight is 431 g/mol. The third kappa shape index (κ3) is 9.08. The smallest absolute Gasteiger partial charge is 0.380 e. The van der Waals surface area contributed by atoms with Gasteiger partial charge < -0.3 is 15.4 Å². The summed E-state index contributed by atoms with van der Waals surface area (Å²) in [6.07, 6.45) is -5.05. The second-order valence-electron chi connectivity index (χ2n) is 4.47. The Labute approximate surface area is 145 Å². The van der Waals surface area contributed by atoms with Crippen molar-refractivity contribution in [1.82, 2.24) is 10.6 Å². The van der Waals surface area contributed by atoms with E-state index in [1.54, 1.807) is 7.11 Å². The van der Waals surface area contributed by atoms with Crippen LogP contribution in [0.1, 0.15) is 17.5 Å². The van der Waals surface area contributed by atoms with E-state index < -0.39 is 12.6 Å². The molecule has 8 heteroatoms. The average Bonchev–Trinajstić information content (AvgIpc) is 2.43. The molecule has 0 fully saturated rings. The molecule has 0 bridgehead atoms. The number of halogens is 4. The number of rotatable bonds is 6. The van der Waals surface area contributed by atoms with Crippen molar-refractivity contribution >= 4 is 29.9 Å². The lowest BCUT2D eigenvalue weighted by Crippen LogP contribution is -2.38. The first-order chi connectivity index (χ1) is 9.94. The maximum Gasteiger partial charge on any atom is 0.390 e. The van der Waals surface area contributed by atoms with E-state index in [9.17, 15) is 13.2 Å². The van der Waals surface area contributed by atoms with Gasteiger partial charge >= 0.3 is 6.18 Å². The number of guanidine groups is 1. The largest absolute Gasteiger partial charge is 0.390 e. The van der Waals surface area contributed by atoms with Gasteiger partial charge in [-0.15, -0.1) is 24.0 Å². The molecule has 1 aromatic carbocycles. The summed E-state index contributed by atoms with van der Waals surface area (Å²) in [5.74, 6) is 0.347. The van der Waals surface area contributed by atoms with E-state index in [1.165, 1.54) is 7.05 Å². The van der Waals surface area contributed by atoms with Crippen molar-refractivity contribution in [2.24, 2.45) is 4.99 Å². The molecule has 0 radical (unpaired) electrons. The molecule has 2 N–H and O–H groups in total. The lowest BCUT2D eigenvalue weighted by molar-refractivity contribution is -0.132. The second kappa shape index (κ2) is 10.7. The minimum atomic E-state index is -4.16. The molecule has 4 nitrogen and oxygen atoms in total. The molecule has 0 aliphatic heterocycles. The maximum absolute atomic E-state index is 12.1. The van der Waals surface area contributed by atoms with Crippen molar-refractivity contribution < 1.29 is 17.9 Å². The van der Waals surface area contributed by atoms with Gasteiger partial charge in [-0.1, -0.05) is 24.3 Å². The number of hydrogen-bond acceptors (Lipinski definition) is 2. The summed E-state index contributed by atoms with van der Waals surface area (Å²) in [5.41, 5.74) is 2.07. The predicted molar refractivity (Wildman–Crippen MR) is 91.4 cm³/mol. The fraction of sp³-hybridized carbons (Fsp3) is 0.500. The van der Waals surface area contributed by atoms with E-state index in [1.807, 2.05) is 24.3 Å². The Kier molecular flexibility index (Phi) is 10.2. The molecular weight excluding hydrogens is 410 g/mol. The third-order valence-electron chi connectivity index (χ3n) is 2.72. The summed E-state index contributed by atoms with van der Waals surface area (Å²) < 4.78 is 41.2. The molecule has 0 saturated heterocycles. The van der Waals surface area contributed by atoms with Crippen LogP contribution >= 0.6 is 24.0 Å². The van der Waals surface area contributed by atoms with Gasteiger partial charge in [0, 0.05) is 27.2 Å². The number of aliphatic imine (C=N–C) groups is 1. The van der Waals surface area contributed by atoms with Crippen molar-refractivity contribution in [2.45, 2.75) is 25.7 Å². The Bertz CT molecular complexity index is 450. The van der Waals surface area contributed by atoms with E-state index in [0.717, 1.165) is 11.1 Å². The molecular formula is C14H21F3IN3O. The molecule has 0 atom stereocenters. The zero-order valence-corrected chi connectivity index (χ0v) is 14.9. The van der Waals surface area contributed by atoms with Gasteiger partial charge in [0.05, 0.1) is 13.0 Å². The molecule has 0 unspecified atom stereocenters. The first-order valence-corrected chi connectivity index (χ1v) is 6.52. The zero-order chi connectivity index (χ0) is 15.7. The quantitative estimate of drug-likeness (QED) is 0.414. The summed E-state index contributed by atoms with van der Waals surface area (Å²) in [7, 11) is 3.15. The number of hydrogen-bond donors (Lipinski definition) is 2. The van der Waals surface area contributed by atoms with Crippen LogP contribution < -0.4 is 10.6 Å². The second-order valence-corrected chi connectivity index (χ2v) is 4.47. The van der Waals surface area contributed by atoms with E-state index in [4.69, 9.17) is 4.74 Å². The monoisotopic (exact) mass is 431 g/mol.